The maximum Gasteiger partial charge on any atom is 0.204 e. The quantitative estimate of drug-likeness (QED) is 0.601. The van der Waals surface area contributed by atoms with Crippen molar-refractivity contribution < 1.29 is 0 Å². The van der Waals surface area contributed by atoms with Crippen molar-refractivity contribution in [3.63, 3.8) is 0 Å². The van der Waals surface area contributed by atoms with Crippen LogP contribution in [0.3, 0.4) is 0 Å². The predicted molar refractivity (Wildman–Crippen MR) is 61.6 cm³/mol. The lowest BCUT2D eigenvalue weighted by Gasteiger charge is -2.01. The lowest BCUT2D eigenvalue weighted by Crippen LogP contribution is -1.88. The summed E-state index contributed by atoms with van der Waals surface area (Å²) in [4.78, 5) is 0. The Labute approximate surface area is 96.1 Å². The number of hydrogen-bond donors (Lipinski definition) is 3. The molecular formula is C10H9N7. The summed E-state index contributed by atoms with van der Waals surface area (Å²) >= 11 is 0. The average Bonchev–Trinajstić information content (AvgIpc) is 2.99. The smallest absolute Gasteiger partial charge is 0.204 e. The molecule has 3 rings (SSSR count). The van der Waals surface area contributed by atoms with E-state index in [9.17, 15) is 0 Å². The van der Waals surface area contributed by atoms with Crippen LogP contribution in [0, 0.1) is 0 Å². The third-order valence-electron chi connectivity index (χ3n) is 2.42. The van der Waals surface area contributed by atoms with E-state index < -0.39 is 0 Å². The number of aromatic nitrogens is 6. The molecule has 0 saturated heterocycles. The van der Waals surface area contributed by atoms with Gasteiger partial charge in [-0.3, -0.25) is 5.10 Å². The molecule has 4 N–H and O–H groups in total. The van der Waals surface area contributed by atoms with Crippen LogP contribution in [0.5, 0.6) is 0 Å². The summed E-state index contributed by atoms with van der Waals surface area (Å²) in [5.41, 5.74) is 8.99. The van der Waals surface area contributed by atoms with E-state index in [4.69, 9.17) is 5.73 Å². The number of hydrogen-bond acceptors (Lipinski definition) is 5. The minimum Gasteiger partial charge on any atom is -0.396 e. The average molecular weight is 227 g/mol. The first-order chi connectivity index (χ1) is 8.34. The summed E-state index contributed by atoms with van der Waals surface area (Å²) in [7, 11) is 0. The van der Waals surface area contributed by atoms with Crippen LogP contribution in [-0.2, 0) is 0 Å². The minimum atomic E-state index is 0.546. The molecule has 0 fully saturated rings. The maximum atomic E-state index is 5.80. The zero-order valence-electron chi connectivity index (χ0n) is 8.75. The second kappa shape index (κ2) is 3.71. The van der Waals surface area contributed by atoms with Crippen molar-refractivity contribution >= 4 is 5.69 Å². The number of anilines is 1. The van der Waals surface area contributed by atoms with E-state index in [1.807, 2.05) is 24.3 Å². The Morgan fingerprint density at radius 3 is 2.76 bits per heavy atom. The van der Waals surface area contributed by atoms with Crippen LogP contribution in [0.25, 0.3) is 22.6 Å². The van der Waals surface area contributed by atoms with Crippen molar-refractivity contribution in [1.29, 1.82) is 0 Å². The highest BCUT2D eigenvalue weighted by Crippen LogP contribution is 2.26. The number of rotatable bonds is 2. The number of nitrogen functional groups attached to an aromatic ring is 1. The monoisotopic (exact) mass is 227 g/mol. The molecule has 0 radical (unpaired) electrons. The third-order valence-corrected chi connectivity index (χ3v) is 2.42. The van der Waals surface area contributed by atoms with Crippen molar-refractivity contribution in [3.8, 4) is 22.6 Å². The summed E-state index contributed by atoms with van der Waals surface area (Å²) in [5, 5.41) is 20.5. The second-order valence-corrected chi connectivity index (χ2v) is 3.52. The molecule has 84 valence electrons. The van der Waals surface area contributed by atoms with Crippen LogP contribution in [0.2, 0.25) is 0 Å². The van der Waals surface area contributed by atoms with Gasteiger partial charge < -0.3 is 5.73 Å². The standard InChI is InChI=1S/C10H9N7/c11-8-5-12-13-9(8)6-2-1-3-7(4-6)10-14-16-17-15-10/h1-5H,11H2,(H,12,13)(H,14,15,16,17). The zero-order valence-corrected chi connectivity index (χ0v) is 8.75. The highest BCUT2D eigenvalue weighted by molar-refractivity contribution is 5.75. The minimum absolute atomic E-state index is 0.546. The summed E-state index contributed by atoms with van der Waals surface area (Å²) in [6.45, 7) is 0. The first-order valence-corrected chi connectivity index (χ1v) is 4.97. The Hall–Kier alpha value is -2.70. The Morgan fingerprint density at radius 2 is 2.06 bits per heavy atom. The predicted octanol–water partition coefficient (Wildman–Crippen LogP) is 0.839. The summed E-state index contributed by atoms with van der Waals surface area (Å²) in [5.74, 6) is 0.546. The summed E-state index contributed by atoms with van der Waals surface area (Å²) < 4.78 is 0. The van der Waals surface area contributed by atoms with Crippen LogP contribution in [-0.4, -0.2) is 30.8 Å². The normalized spacial score (nSPS) is 10.6. The lowest BCUT2D eigenvalue weighted by molar-refractivity contribution is 0.881. The van der Waals surface area contributed by atoms with Crippen LogP contribution < -0.4 is 5.73 Å². The van der Waals surface area contributed by atoms with Gasteiger partial charge in [0.25, 0.3) is 0 Å². The number of nitrogens with one attached hydrogen (secondary N) is 2. The molecule has 0 spiro atoms. The highest BCUT2D eigenvalue weighted by atomic mass is 15.5. The molecule has 0 aliphatic heterocycles. The summed E-state index contributed by atoms with van der Waals surface area (Å²) in [6, 6.07) is 7.67. The fourth-order valence-corrected chi connectivity index (χ4v) is 1.62. The summed E-state index contributed by atoms with van der Waals surface area (Å²) in [6.07, 6.45) is 1.58. The van der Waals surface area contributed by atoms with Crippen molar-refractivity contribution in [3.05, 3.63) is 30.5 Å². The second-order valence-electron chi connectivity index (χ2n) is 3.52. The van der Waals surface area contributed by atoms with Gasteiger partial charge in [-0.1, -0.05) is 18.2 Å². The van der Waals surface area contributed by atoms with Crippen LogP contribution in [0.4, 0.5) is 5.69 Å². The fraction of sp³-hybridized carbons (Fsp3) is 0. The van der Waals surface area contributed by atoms with E-state index in [1.165, 1.54) is 0 Å². The number of H-pyrrole nitrogens is 2. The van der Waals surface area contributed by atoms with Gasteiger partial charge >= 0.3 is 0 Å². The molecular weight excluding hydrogens is 218 g/mol. The number of tetrazole rings is 1. The molecule has 7 heteroatoms. The van der Waals surface area contributed by atoms with E-state index in [1.54, 1.807) is 6.20 Å². The molecule has 0 atom stereocenters. The number of nitrogens with two attached hydrogens (primary N) is 1. The number of benzene rings is 1. The Kier molecular flexibility index (Phi) is 2.08. The third kappa shape index (κ3) is 1.63. The first kappa shape index (κ1) is 9.52. The number of nitrogens with zero attached hydrogens (tertiary/aromatic N) is 4. The molecule has 7 nitrogen and oxygen atoms in total. The Balaban J connectivity index is 2.09. The topological polar surface area (TPSA) is 109 Å². The highest BCUT2D eigenvalue weighted by Gasteiger charge is 2.08. The van der Waals surface area contributed by atoms with E-state index in [0.29, 0.717) is 11.5 Å². The van der Waals surface area contributed by atoms with Crippen molar-refractivity contribution in [2.45, 2.75) is 0 Å². The lowest BCUT2D eigenvalue weighted by atomic mass is 10.1. The van der Waals surface area contributed by atoms with Gasteiger partial charge in [-0.05, 0) is 11.3 Å². The van der Waals surface area contributed by atoms with Gasteiger partial charge in [0.05, 0.1) is 17.6 Å². The van der Waals surface area contributed by atoms with E-state index in [0.717, 1.165) is 16.8 Å². The molecule has 0 aliphatic rings. The maximum absolute atomic E-state index is 5.80. The van der Waals surface area contributed by atoms with Gasteiger partial charge in [0.2, 0.25) is 5.82 Å². The van der Waals surface area contributed by atoms with Crippen LogP contribution in [0.1, 0.15) is 0 Å². The van der Waals surface area contributed by atoms with Gasteiger partial charge in [-0.25, -0.2) is 0 Å². The Morgan fingerprint density at radius 1 is 1.18 bits per heavy atom. The van der Waals surface area contributed by atoms with Gasteiger partial charge in [-0.2, -0.15) is 10.3 Å². The molecule has 0 amide bonds. The Bertz CT molecular complexity index is 626. The van der Waals surface area contributed by atoms with Crippen molar-refractivity contribution in [2.75, 3.05) is 5.73 Å². The molecule has 0 aliphatic carbocycles. The fourth-order valence-electron chi connectivity index (χ4n) is 1.62. The molecule has 3 aromatic rings. The van der Waals surface area contributed by atoms with E-state index >= 15 is 0 Å². The first-order valence-electron chi connectivity index (χ1n) is 4.97. The van der Waals surface area contributed by atoms with E-state index in [2.05, 4.69) is 30.8 Å². The zero-order chi connectivity index (χ0) is 11.7. The van der Waals surface area contributed by atoms with Gasteiger partial charge in [-0.15, -0.1) is 10.2 Å². The SMILES string of the molecule is Nc1cn[nH]c1-c1cccc(-c2nn[nH]n2)c1. The molecule has 17 heavy (non-hydrogen) atoms. The molecule has 2 heterocycles. The van der Waals surface area contributed by atoms with Gasteiger partial charge in [0.1, 0.15) is 0 Å². The van der Waals surface area contributed by atoms with E-state index in [-0.39, 0.29) is 0 Å². The largest absolute Gasteiger partial charge is 0.396 e. The van der Waals surface area contributed by atoms with Crippen LogP contribution in [0.15, 0.2) is 30.5 Å². The van der Waals surface area contributed by atoms with Gasteiger partial charge in [0.15, 0.2) is 0 Å². The molecule has 0 saturated carbocycles. The van der Waals surface area contributed by atoms with Crippen molar-refractivity contribution in [2.24, 2.45) is 0 Å². The van der Waals surface area contributed by atoms with Gasteiger partial charge in [0, 0.05) is 11.1 Å². The molecule has 2 aromatic heterocycles. The molecule has 0 unspecified atom stereocenters. The molecule has 0 bridgehead atoms. The van der Waals surface area contributed by atoms with Crippen LogP contribution >= 0.6 is 0 Å². The number of aromatic amines is 2. The molecule has 1 aromatic carbocycles. The van der Waals surface area contributed by atoms with Crippen molar-refractivity contribution in [1.82, 2.24) is 30.8 Å².